The molecule has 150 valence electrons. The number of benzene rings is 1. The van der Waals surface area contributed by atoms with Crippen molar-refractivity contribution >= 4 is 50.9 Å². The van der Waals surface area contributed by atoms with Gasteiger partial charge >= 0.3 is 21.3 Å². The smallest absolute Gasteiger partial charge is 0.426 e. The molecule has 0 saturated heterocycles. The SMILES string of the molecule is [B]Cc1cc([B])cc(C[B])c1OC(=O)C1CCC(C(=O)C(F)(F)S(=O)(=O)O)CC1. The first-order chi connectivity index (χ1) is 13.4. The van der Waals surface area contributed by atoms with Gasteiger partial charge in [-0.2, -0.15) is 17.2 Å². The highest BCUT2D eigenvalue weighted by Crippen LogP contribution is 2.36. The van der Waals surface area contributed by atoms with Crippen LogP contribution in [0.4, 0.5) is 8.78 Å². The van der Waals surface area contributed by atoms with Crippen LogP contribution in [0.1, 0.15) is 36.8 Å². The first kappa shape index (κ1) is 23.6. The molecule has 1 N–H and O–H groups in total. The monoisotopic (exact) mass is 420 g/mol. The van der Waals surface area contributed by atoms with Gasteiger partial charge < -0.3 is 4.74 Å². The fourth-order valence-corrected chi connectivity index (χ4v) is 3.78. The van der Waals surface area contributed by atoms with E-state index in [0.29, 0.717) is 16.6 Å². The number of rotatable bonds is 7. The van der Waals surface area contributed by atoms with Crippen molar-refractivity contribution in [2.75, 3.05) is 0 Å². The Hall–Kier alpha value is -1.68. The van der Waals surface area contributed by atoms with Gasteiger partial charge in [0.25, 0.3) is 0 Å². The van der Waals surface area contributed by atoms with E-state index in [1.54, 1.807) is 12.1 Å². The maximum atomic E-state index is 13.5. The lowest BCUT2D eigenvalue weighted by Gasteiger charge is -2.28. The van der Waals surface area contributed by atoms with Gasteiger partial charge in [-0.15, -0.1) is 0 Å². The van der Waals surface area contributed by atoms with E-state index < -0.39 is 39.0 Å². The van der Waals surface area contributed by atoms with Crippen LogP contribution in [0.25, 0.3) is 0 Å². The summed E-state index contributed by atoms with van der Waals surface area (Å²) in [4.78, 5) is 24.3. The molecular formula is C17H17B3F2O6S. The number of hydrogen-bond donors (Lipinski definition) is 1. The average molecular weight is 420 g/mol. The average Bonchev–Trinajstić information content (AvgIpc) is 2.67. The molecule has 6 radical (unpaired) electrons. The van der Waals surface area contributed by atoms with E-state index in [1.807, 2.05) is 0 Å². The molecule has 1 aliphatic rings. The van der Waals surface area contributed by atoms with E-state index in [4.69, 9.17) is 32.8 Å². The van der Waals surface area contributed by atoms with Crippen LogP contribution in [0, 0.1) is 11.8 Å². The summed E-state index contributed by atoms with van der Waals surface area (Å²) in [7, 11) is 11.2. The van der Waals surface area contributed by atoms with E-state index in [1.165, 1.54) is 0 Å². The van der Waals surface area contributed by atoms with Gasteiger partial charge in [0.1, 0.15) is 13.6 Å². The van der Waals surface area contributed by atoms with Crippen molar-refractivity contribution in [1.82, 2.24) is 0 Å². The number of carbonyl (C=O) groups excluding carboxylic acids is 2. The molecule has 0 spiro atoms. The highest BCUT2D eigenvalue weighted by atomic mass is 32.2. The Morgan fingerprint density at radius 3 is 1.93 bits per heavy atom. The molecule has 0 heterocycles. The highest BCUT2D eigenvalue weighted by Gasteiger charge is 2.54. The van der Waals surface area contributed by atoms with Crippen LogP contribution < -0.4 is 10.2 Å². The number of Topliss-reactive ketones (excluding diaryl/α,β-unsaturated/α-hetero) is 1. The summed E-state index contributed by atoms with van der Waals surface area (Å²) in [6.07, 6.45) is -0.0968. The topological polar surface area (TPSA) is 97.7 Å². The lowest BCUT2D eigenvalue weighted by Crippen LogP contribution is -2.43. The van der Waals surface area contributed by atoms with Gasteiger partial charge in [-0.25, -0.2) is 0 Å². The van der Waals surface area contributed by atoms with E-state index >= 15 is 0 Å². The molecule has 0 unspecified atom stereocenters. The van der Waals surface area contributed by atoms with E-state index in [9.17, 15) is 26.8 Å². The van der Waals surface area contributed by atoms with Gasteiger partial charge in [-0.3, -0.25) is 14.1 Å². The summed E-state index contributed by atoms with van der Waals surface area (Å²) >= 11 is 0. The zero-order valence-corrected chi connectivity index (χ0v) is 16.3. The minimum absolute atomic E-state index is 0.0433. The molecule has 0 amide bonds. The fraction of sp³-hybridized carbons (Fsp3) is 0.529. The number of ketones is 1. The maximum Gasteiger partial charge on any atom is 0.426 e. The number of esters is 1. The second-order valence-corrected chi connectivity index (χ2v) is 8.37. The normalized spacial score (nSPS) is 20.2. The predicted octanol–water partition coefficient (Wildman–Crippen LogP) is 0.579. The van der Waals surface area contributed by atoms with Crippen LogP contribution in [-0.2, 0) is 32.3 Å². The van der Waals surface area contributed by atoms with Gasteiger partial charge in [0, 0.05) is 5.92 Å². The van der Waals surface area contributed by atoms with Crippen molar-refractivity contribution in [3.8, 4) is 5.75 Å². The Morgan fingerprint density at radius 2 is 1.52 bits per heavy atom. The fourth-order valence-electron chi connectivity index (χ4n) is 3.36. The summed E-state index contributed by atoms with van der Waals surface area (Å²) in [6, 6.07) is 3.10. The number of alkyl halides is 2. The second kappa shape index (κ2) is 8.99. The van der Waals surface area contributed by atoms with Gasteiger partial charge in [0.15, 0.2) is 0 Å². The molecule has 0 bridgehead atoms. The van der Waals surface area contributed by atoms with Gasteiger partial charge in [0.05, 0.1) is 21.6 Å². The number of ether oxygens (including phenoxy) is 1. The molecule has 2 rings (SSSR count). The first-order valence-corrected chi connectivity index (χ1v) is 10.3. The van der Waals surface area contributed by atoms with Crippen molar-refractivity contribution in [2.24, 2.45) is 11.8 Å². The van der Waals surface area contributed by atoms with Crippen LogP contribution in [-0.4, -0.2) is 53.5 Å². The Labute approximate surface area is 171 Å². The Kier molecular flexibility index (Phi) is 7.32. The van der Waals surface area contributed by atoms with Gasteiger partial charge in [0.2, 0.25) is 5.78 Å². The van der Waals surface area contributed by atoms with E-state index in [-0.39, 0.29) is 44.1 Å². The third kappa shape index (κ3) is 5.09. The molecular weight excluding hydrogens is 403 g/mol. The predicted molar refractivity (Wildman–Crippen MR) is 103 cm³/mol. The lowest BCUT2D eigenvalue weighted by atomic mass is 9.80. The largest absolute Gasteiger partial charge is 0.426 e. The van der Waals surface area contributed by atoms with Crippen LogP contribution in [0.15, 0.2) is 12.1 Å². The maximum absolute atomic E-state index is 13.5. The van der Waals surface area contributed by atoms with Gasteiger partial charge in [-0.1, -0.05) is 30.2 Å². The van der Waals surface area contributed by atoms with Crippen molar-refractivity contribution < 1.29 is 36.1 Å². The molecule has 1 aromatic rings. The van der Waals surface area contributed by atoms with Crippen LogP contribution in [0.3, 0.4) is 0 Å². The summed E-state index contributed by atoms with van der Waals surface area (Å²) in [5.41, 5.74) is 1.37. The second-order valence-electron chi connectivity index (χ2n) is 6.90. The number of carbonyl (C=O) groups is 2. The van der Waals surface area contributed by atoms with Gasteiger partial charge in [-0.05, 0) is 36.8 Å². The zero-order chi connectivity index (χ0) is 22.0. The van der Waals surface area contributed by atoms with Crippen LogP contribution >= 0.6 is 0 Å². The molecule has 0 aliphatic heterocycles. The Balaban J connectivity index is 2.08. The summed E-state index contributed by atoms with van der Waals surface area (Å²) in [6.45, 7) is 0. The molecule has 1 saturated carbocycles. The summed E-state index contributed by atoms with van der Waals surface area (Å²) < 4.78 is 62.6. The van der Waals surface area contributed by atoms with Crippen LogP contribution in [0.2, 0.25) is 0 Å². The molecule has 12 heteroatoms. The summed E-state index contributed by atoms with van der Waals surface area (Å²) in [5.74, 6) is -4.27. The third-order valence-corrected chi connectivity index (χ3v) is 5.80. The Bertz CT molecular complexity index is 873. The number of hydrogen-bond acceptors (Lipinski definition) is 5. The molecule has 1 aliphatic carbocycles. The van der Waals surface area contributed by atoms with Crippen molar-refractivity contribution in [2.45, 2.75) is 43.6 Å². The molecule has 0 atom stereocenters. The highest BCUT2D eigenvalue weighted by molar-refractivity contribution is 7.87. The molecule has 1 fully saturated rings. The molecule has 0 aromatic heterocycles. The molecule has 1 aromatic carbocycles. The van der Waals surface area contributed by atoms with Crippen molar-refractivity contribution in [3.63, 3.8) is 0 Å². The Morgan fingerprint density at radius 1 is 1.07 bits per heavy atom. The lowest BCUT2D eigenvalue weighted by molar-refractivity contribution is -0.144. The number of halogens is 2. The van der Waals surface area contributed by atoms with E-state index in [2.05, 4.69) is 0 Å². The van der Waals surface area contributed by atoms with Crippen molar-refractivity contribution in [1.29, 1.82) is 0 Å². The minimum Gasteiger partial charge on any atom is -0.426 e. The zero-order valence-electron chi connectivity index (χ0n) is 15.4. The third-order valence-electron chi connectivity index (χ3n) is 4.95. The molecule has 29 heavy (non-hydrogen) atoms. The van der Waals surface area contributed by atoms with E-state index in [0.717, 1.165) is 0 Å². The van der Waals surface area contributed by atoms with Crippen LogP contribution in [0.5, 0.6) is 5.75 Å². The first-order valence-electron chi connectivity index (χ1n) is 8.84. The standard InChI is InChI=1S/C17H17B3F2O6S/c18-7-11-5-13(20)6-12(8-19)14(11)28-16(24)10-3-1-9(2-4-10)15(23)17(21,22)29(25,26)27/h5-6,9-10H,1-4,7-8H2,(H,25,26,27). The quantitative estimate of drug-likeness (QED) is 0.300. The minimum atomic E-state index is -5.85. The molecule has 6 nitrogen and oxygen atoms in total. The van der Waals surface area contributed by atoms with Crippen molar-refractivity contribution in [3.05, 3.63) is 23.3 Å². The summed E-state index contributed by atoms with van der Waals surface area (Å²) in [5, 5.41) is -4.87.